The fraction of sp³-hybridized carbons (Fsp3) is 0.588. The van der Waals surface area contributed by atoms with Crippen molar-refractivity contribution in [1.82, 2.24) is 19.6 Å². The Kier molecular flexibility index (Phi) is 9.74. The quantitative estimate of drug-likeness (QED) is 0.416. The zero-order valence-electron chi connectivity index (χ0n) is 26.0. The third-order valence-corrected chi connectivity index (χ3v) is 10.1. The Morgan fingerprint density at radius 3 is 2.11 bits per heavy atom. The van der Waals surface area contributed by atoms with Crippen molar-refractivity contribution in [3.05, 3.63) is 70.8 Å². The molecule has 254 valence electrons. The lowest BCUT2D eigenvalue weighted by molar-refractivity contribution is -0.143. The highest BCUT2D eigenvalue weighted by molar-refractivity contribution is 5.95. The minimum absolute atomic E-state index is 0.0389. The Morgan fingerprint density at radius 1 is 0.851 bits per heavy atom. The number of halogens is 6. The SMILES string of the molecule is O=C(C1CCOC1)N1CCC(N2CCN(C3CCN(C(=O)c4cc(C(F)(F)F)cc(C(F)(F)F)c4)C(Cc4c#cccc4)C3)CC2)C1. The number of alkyl halides is 6. The summed E-state index contributed by atoms with van der Waals surface area (Å²) in [6.45, 7) is 6.04. The first-order valence-electron chi connectivity index (χ1n) is 16.2. The number of likely N-dealkylation sites (tertiary alicyclic amines) is 2. The summed E-state index contributed by atoms with van der Waals surface area (Å²) >= 11 is 0. The molecule has 0 bridgehead atoms. The van der Waals surface area contributed by atoms with Crippen LogP contribution < -0.4 is 0 Å². The van der Waals surface area contributed by atoms with E-state index in [4.69, 9.17) is 4.74 Å². The number of ether oxygens (including phenoxy) is 1. The van der Waals surface area contributed by atoms with Crippen LogP contribution in [0.5, 0.6) is 0 Å². The van der Waals surface area contributed by atoms with Gasteiger partial charge in [-0.3, -0.25) is 19.4 Å². The van der Waals surface area contributed by atoms with Gasteiger partial charge in [-0.25, -0.2) is 0 Å². The molecular weight excluding hydrogens is 626 g/mol. The molecule has 0 radical (unpaired) electrons. The molecule has 0 saturated carbocycles. The zero-order valence-corrected chi connectivity index (χ0v) is 26.0. The molecule has 4 heterocycles. The predicted molar refractivity (Wildman–Crippen MR) is 159 cm³/mol. The van der Waals surface area contributed by atoms with Crippen LogP contribution in [0.1, 0.15) is 52.7 Å². The number of piperazine rings is 1. The second kappa shape index (κ2) is 13.6. The van der Waals surface area contributed by atoms with Gasteiger partial charge in [0, 0.05) is 88.1 Å². The van der Waals surface area contributed by atoms with Gasteiger partial charge >= 0.3 is 12.4 Å². The van der Waals surface area contributed by atoms with Gasteiger partial charge in [0.25, 0.3) is 5.91 Å². The van der Waals surface area contributed by atoms with E-state index in [0.717, 1.165) is 51.1 Å². The molecule has 13 heteroatoms. The number of hydrogen-bond acceptors (Lipinski definition) is 5. The van der Waals surface area contributed by atoms with Gasteiger partial charge in [-0.1, -0.05) is 18.2 Å². The van der Waals surface area contributed by atoms with Crippen molar-refractivity contribution in [3.63, 3.8) is 0 Å². The molecule has 6 rings (SSSR count). The van der Waals surface area contributed by atoms with Crippen LogP contribution in [0.4, 0.5) is 26.3 Å². The van der Waals surface area contributed by atoms with E-state index in [-0.39, 0.29) is 30.5 Å². The summed E-state index contributed by atoms with van der Waals surface area (Å²) in [5, 5.41) is 0. The Bertz CT molecular complexity index is 1370. The number of carbonyl (C=O) groups is 2. The first-order valence-corrected chi connectivity index (χ1v) is 16.2. The number of amides is 2. The molecule has 4 saturated heterocycles. The fourth-order valence-corrected chi connectivity index (χ4v) is 7.52. The van der Waals surface area contributed by atoms with E-state index in [1.54, 1.807) is 12.1 Å². The van der Waals surface area contributed by atoms with Crippen LogP contribution in [0.25, 0.3) is 0 Å². The van der Waals surface area contributed by atoms with Gasteiger partial charge in [-0.15, -0.1) is 0 Å². The van der Waals surface area contributed by atoms with Gasteiger partial charge in [0.2, 0.25) is 5.91 Å². The molecule has 0 aliphatic carbocycles. The second-order valence-electron chi connectivity index (χ2n) is 13.0. The lowest BCUT2D eigenvalue weighted by atomic mass is 9.90. The molecule has 2 aromatic rings. The van der Waals surface area contributed by atoms with E-state index >= 15 is 0 Å². The molecular formula is C34H38F6N4O3. The smallest absolute Gasteiger partial charge is 0.381 e. The predicted octanol–water partition coefficient (Wildman–Crippen LogP) is 4.80. The minimum atomic E-state index is -5.04. The summed E-state index contributed by atoms with van der Waals surface area (Å²) in [5.41, 5.74) is -2.88. The fourth-order valence-electron chi connectivity index (χ4n) is 7.52. The standard InChI is InChI=1S/C34H38F6N4O3/c35-33(36,37)26-17-25(18-27(19-26)34(38,39)40)32(46)44-10-7-28(20-30(44)16-23-4-2-1-3-5-23)41-11-13-42(14-12-41)29-6-9-43(21-29)31(45)24-8-15-47-22-24/h1-2,4,17-19,24,28-30H,6-16,20-22H2. The monoisotopic (exact) mass is 664 g/mol. The van der Waals surface area contributed by atoms with Crippen molar-refractivity contribution >= 4 is 11.8 Å². The number of benzene rings is 1. The Balaban J connectivity index is 1.13. The summed E-state index contributed by atoms with van der Waals surface area (Å²) in [6.07, 6.45) is -6.96. The summed E-state index contributed by atoms with van der Waals surface area (Å²) in [5.74, 6) is -0.703. The zero-order chi connectivity index (χ0) is 33.3. The number of piperidine rings is 1. The average molecular weight is 665 g/mol. The Hall–Kier alpha value is -3.34. The molecule has 0 N–H and O–H groups in total. The van der Waals surface area contributed by atoms with Crippen molar-refractivity contribution < 1.29 is 40.7 Å². The van der Waals surface area contributed by atoms with Gasteiger partial charge in [-0.05, 0) is 56.0 Å². The van der Waals surface area contributed by atoms with E-state index in [2.05, 4.69) is 21.9 Å². The Labute approximate surface area is 270 Å². The maximum Gasteiger partial charge on any atom is 0.416 e. The topological polar surface area (TPSA) is 56.3 Å². The van der Waals surface area contributed by atoms with Crippen molar-refractivity contribution in [2.75, 3.05) is 59.0 Å². The molecule has 7 nitrogen and oxygen atoms in total. The van der Waals surface area contributed by atoms with Crippen molar-refractivity contribution in [2.45, 2.75) is 62.6 Å². The second-order valence-corrected chi connectivity index (χ2v) is 13.0. The van der Waals surface area contributed by atoms with Crippen LogP contribution in [0, 0.1) is 18.1 Å². The van der Waals surface area contributed by atoms with Crippen molar-refractivity contribution in [3.8, 4) is 0 Å². The van der Waals surface area contributed by atoms with Gasteiger partial charge in [-0.2, -0.15) is 26.3 Å². The van der Waals surface area contributed by atoms with E-state index in [0.29, 0.717) is 57.2 Å². The van der Waals surface area contributed by atoms with Gasteiger partial charge in [0.15, 0.2) is 0 Å². The summed E-state index contributed by atoms with van der Waals surface area (Å²) in [7, 11) is 0. The molecule has 2 amide bonds. The van der Waals surface area contributed by atoms with Crippen molar-refractivity contribution in [1.29, 1.82) is 0 Å². The van der Waals surface area contributed by atoms with Crippen LogP contribution in [0.15, 0.2) is 36.4 Å². The van der Waals surface area contributed by atoms with E-state index in [9.17, 15) is 35.9 Å². The van der Waals surface area contributed by atoms with Crippen LogP contribution in [0.2, 0.25) is 0 Å². The van der Waals surface area contributed by atoms with Crippen LogP contribution >= 0.6 is 0 Å². The molecule has 0 spiro atoms. The van der Waals surface area contributed by atoms with Crippen LogP contribution in [0.3, 0.4) is 0 Å². The summed E-state index contributed by atoms with van der Waals surface area (Å²) < 4.78 is 86.9. The van der Waals surface area contributed by atoms with E-state index in [1.807, 2.05) is 11.0 Å². The molecule has 2 aromatic carbocycles. The van der Waals surface area contributed by atoms with Gasteiger partial charge < -0.3 is 14.5 Å². The van der Waals surface area contributed by atoms with Gasteiger partial charge in [0.1, 0.15) is 0 Å². The number of nitrogens with zero attached hydrogens (tertiary/aromatic N) is 4. The van der Waals surface area contributed by atoms with Gasteiger partial charge in [0.05, 0.1) is 23.7 Å². The maximum absolute atomic E-state index is 13.7. The molecule has 4 aliphatic rings. The molecule has 4 unspecified atom stereocenters. The van der Waals surface area contributed by atoms with E-state index in [1.165, 1.54) is 4.90 Å². The van der Waals surface area contributed by atoms with E-state index < -0.39 is 41.0 Å². The van der Waals surface area contributed by atoms with Crippen molar-refractivity contribution in [2.24, 2.45) is 5.92 Å². The summed E-state index contributed by atoms with van der Waals surface area (Å²) in [6, 6.07) is 12.2. The highest BCUT2D eigenvalue weighted by Crippen LogP contribution is 2.37. The average Bonchev–Trinajstić information content (AvgIpc) is 3.77. The molecule has 47 heavy (non-hydrogen) atoms. The lowest BCUT2D eigenvalue weighted by Crippen LogP contribution is -2.58. The number of carbonyl (C=O) groups excluding carboxylic acids is 2. The number of rotatable bonds is 6. The number of hydrogen-bond donors (Lipinski definition) is 0. The normalized spacial score (nSPS) is 26.4. The molecule has 0 aromatic heterocycles. The third-order valence-electron chi connectivity index (χ3n) is 10.1. The lowest BCUT2D eigenvalue weighted by Gasteiger charge is -2.47. The molecule has 4 fully saturated rings. The third kappa shape index (κ3) is 7.71. The van der Waals surface area contributed by atoms with Crippen LogP contribution in [-0.4, -0.2) is 109 Å². The maximum atomic E-state index is 13.7. The largest absolute Gasteiger partial charge is 0.416 e. The Morgan fingerprint density at radius 2 is 1.51 bits per heavy atom. The molecule has 4 aliphatic heterocycles. The minimum Gasteiger partial charge on any atom is -0.381 e. The summed E-state index contributed by atoms with van der Waals surface area (Å²) in [4.78, 5) is 34.8. The first-order chi connectivity index (χ1) is 22.4. The highest BCUT2D eigenvalue weighted by Gasteiger charge is 2.41. The molecule has 4 atom stereocenters. The highest BCUT2D eigenvalue weighted by atomic mass is 19.4. The first kappa shape index (κ1) is 33.6. The van der Waals surface area contributed by atoms with Crippen LogP contribution in [-0.2, 0) is 28.3 Å².